The molecule has 10 heteroatoms. The first-order valence-electron chi connectivity index (χ1n) is 20.2. The summed E-state index contributed by atoms with van der Waals surface area (Å²) < 4.78 is 34.1. The lowest BCUT2D eigenvalue weighted by Crippen LogP contribution is -2.37. The summed E-state index contributed by atoms with van der Waals surface area (Å²) in [6, 6.07) is 0. The Kier molecular flexibility index (Phi) is 32.8. The van der Waals surface area contributed by atoms with Gasteiger partial charge in [-0.3, -0.25) is 18.6 Å². The molecule has 0 heterocycles. The van der Waals surface area contributed by atoms with Crippen LogP contribution >= 0.6 is 7.82 Å². The highest BCUT2D eigenvalue weighted by molar-refractivity contribution is 7.47. The third-order valence-electron chi connectivity index (χ3n) is 8.42. The van der Waals surface area contributed by atoms with Crippen molar-refractivity contribution in [2.24, 2.45) is 0 Å². The van der Waals surface area contributed by atoms with Gasteiger partial charge in [0.05, 0.1) is 27.7 Å². The van der Waals surface area contributed by atoms with Crippen molar-refractivity contribution < 1.29 is 42.1 Å². The maximum Gasteiger partial charge on any atom is 0.472 e. The number of carbonyl (C=O) groups excluding carboxylic acids is 2. The zero-order valence-corrected chi connectivity index (χ0v) is 34.2. The van der Waals surface area contributed by atoms with E-state index >= 15 is 0 Å². The van der Waals surface area contributed by atoms with Gasteiger partial charge in [0.25, 0.3) is 0 Å². The van der Waals surface area contributed by atoms with E-state index in [0.29, 0.717) is 17.4 Å². The normalized spacial score (nSPS) is 14.1. The minimum Gasteiger partial charge on any atom is -0.462 e. The molecule has 0 aromatic rings. The maximum absolute atomic E-state index is 12.6. The van der Waals surface area contributed by atoms with E-state index < -0.39 is 26.5 Å². The van der Waals surface area contributed by atoms with E-state index in [0.717, 1.165) is 57.8 Å². The van der Waals surface area contributed by atoms with Crippen LogP contribution in [0.5, 0.6) is 0 Å². The van der Waals surface area contributed by atoms with Crippen LogP contribution in [-0.2, 0) is 32.7 Å². The molecule has 1 N–H and O–H groups in total. The smallest absolute Gasteiger partial charge is 0.462 e. The fraction of sp³-hybridized carbons (Fsp3) is 0.805. The molecule has 0 saturated carbocycles. The Morgan fingerprint density at radius 2 is 1.06 bits per heavy atom. The van der Waals surface area contributed by atoms with Crippen LogP contribution in [0.15, 0.2) is 36.5 Å². The predicted octanol–water partition coefficient (Wildman–Crippen LogP) is 11.0. The number of nitrogens with zero attached hydrogens (tertiary/aromatic N) is 1. The van der Waals surface area contributed by atoms with Crippen molar-refractivity contribution in [2.45, 2.75) is 168 Å². The molecule has 0 spiro atoms. The van der Waals surface area contributed by atoms with Gasteiger partial charge in [0, 0.05) is 12.8 Å². The Morgan fingerprint density at radius 1 is 0.608 bits per heavy atom. The molecule has 0 radical (unpaired) electrons. The number of esters is 2. The monoisotopic (exact) mass is 743 g/mol. The zero-order chi connectivity index (χ0) is 37.9. The van der Waals surface area contributed by atoms with Crippen molar-refractivity contribution in [1.29, 1.82) is 0 Å². The Morgan fingerprint density at radius 3 is 1.61 bits per heavy atom. The molecule has 51 heavy (non-hydrogen) atoms. The molecule has 0 aromatic heterocycles. The fourth-order valence-electron chi connectivity index (χ4n) is 5.20. The van der Waals surface area contributed by atoms with Gasteiger partial charge in [-0.05, 0) is 51.4 Å². The third kappa shape index (κ3) is 37.8. The number of ether oxygens (including phenoxy) is 2. The van der Waals surface area contributed by atoms with Crippen LogP contribution < -0.4 is 0 Å². The van der Waals surface area contributed by atoms with Crippen LogP contribution in [0, 0.1) is 0 Å². The highest BCUT2D eigenvalue weighted by atomic mass is 31.2. The van der Waals surface area contributed by atoms with Crippen molar-refractivity contribution >= 4 is 19.8 Å². The lowest BCUT2D eigenvalue weighted by atomic mass is 10.1. The molecule has 0 rings (SSSR count). The number of carbonyl (C=O) groups is 2. The first kappa shape index (κ1) is 49.2. The number of quaternary nitrogens is 1. The van der Waals surface area contributed by atoms with Crippen molar-refractivity contribution in [3.63, 3.8) is 0 Å². The minimum atomic E-state index is -4.37. The van der Waals surface area contributed by atoms with Gasteiger partial charge in [0.1, 0.15) is 19.8 Å². The number of phosphoric acid groups is 1. The van der Waals surface area contributed by atoms with Gasteiger partial charge in [-0.2, -0.15) is 0 Å². The molecule has 2 atom stereocenters. The number of unbranched alkanes of at least 4 members (excludes halogenated alkanes) is 16. The van der Waals surface area contributed by atoms with Gasteiger partial charge in [-0.25, -0.2) is 4.57 Å². The van der Waals surface area contributed by atoms with Gasteiger partial charge in [0.2, 0.25) is 0 Å². The van der Waals surface area contributed by atoms with Crippen molar-refractivity contribution in [3.8, 4) is 0 Å². The van der Waals surface area contributed by atoms with E-state index in [9.17, 15) is 19.0 Å². The summed E-state index contributed by atoms with van der Waals surface area (Å²) in [5.74, 6) is -0.826. The summed E-state index contributed by atoms with van der Waals surface area (Å²) in [4.78, 5) is 35.2. The largest absolute Gasteiger partial charge is 0.472 e. The Labute approximate surface area is 312 Å². The van der Waals surface area contributed by atoms with Crippen LogP contribution in [0.4, 0.5) is 0 Å². The molecule has 0 bridgehead atoms. The molecule has 9 nitrogen and oxygen atoms in total. The molecule has 0 aliphatic rings. The Bertz CT molecular complexity index is 975. The highest BCUT2D eigenvalue weighted by Gasteiger charge is 2.27. The zero-order valence-electron chi connectivity index (χ0n) is 33.3. The molecule has 1 unspecified atom stereocenters. The van der Waals surface area contributed by atoms with Crippen LogP contribution in [0.2, 0.25) is 0 Å². The first-order chi connectivity index (χ1) is 24.5. The second-order valence-corrected chi connectivity index (χ2v) is 16.1. The summed E-state index contributed by atoms with van der Waals surface area (Å²) >= 11 is 0. The molecule has 0 aliphatic heterocycles. The van der Waals surface area contributed by atoms with Gasteiger partial charge in [0.15, 0.2) is 6.10 Å². The molecule has 0 aliphatic carbocycles. The topological polar surface area (TPSA) is 108 Å². The molecular formula is C41H77NO8P+. The van der Waals surface area contributed by atoms with E-state index in [1.54, 1.807) is 0 Å². The molecule has 0 saturated heterocycles. The standard InChI is InChI=1S/C41H76NO8P/c1-6-8-10-12-14-16-18-19-20-21-22-23-24-26-28-30-32-34-41(44)50-39(38-49-51(45,46)48-36-35-42(3,4)5)37-47-40(43)33-31-29-27-25-17-15-13-11-9-7-2/h14,16,19-20,22-23,39H,6-13,15,17-18,21,24-38H2,1-5H3/p+1/b16-14-,20-19-,23-22-/t39-/m1/s1. The van der Waals surface area contributed by atoms with Gasteiger partial charge < -0.3 is 18.9 Å². The highest BCUT2D eigenvalue weighted by Crippen LogP contribution is 2.43. The van der Waals surface area contributed by atoms with E-state index in [2.05, 4.69) is 50.3 Å². The average molecular weight is 743 g/mol. The summed E-state index contributed by atoms with van der Waals surface area (Å²) in [6.07, 6.45) is 36.2. The number of allylic oxidation sites excluding steroid dienone is 6. The average Bonchev–Trinajstić information content (AvgIpc) is 3.07. The molecular weight excluding hydrogens is 665 g/mol. The number of hydrogen-bond acceptors (Lipinski definition) is 7. The van der Waals surface area contributed by atoms with E-state index in [1.807, 2.05) is 21.1 Å². The fourth-order valence-corrected chi connectivity index (χ4v) is 5.94. The minimum absolute atomic E-state index is 0.0273. The summed E-state index contributed by atoms with van der Waals surface area (Å²) in [5.41, 5.74) is 0. The maximum atomic E-state index is 12.6. The molecule has 298 valence electrons. The Balaban J connectivity index is 4.44. The SMILES string of the molecule is CCCCC/C=C\C/C=C\C/C=C\CCCCCCC(=O)O[C@H](COC(=O)CCCCCCCCCCCC)COP(=O)(O)OCC[N+](C)(C)C. The Hall–Kier alpha value is -1.77. The van der Waals surface area contributed by atoms with Gasteiger partial charge >= 0.3 is 19.8 Å². The van der Waals surface area contributed by atoms with E-state index in [1.165, 1.54) is 70.6 Å². The molecule has 0 amide bonds. The van der Waals surface area contributed by atoms with Crippen molar-refractivity contribution in [2.75, 3.05) is 47.5 Å². The van der Waals surface area contributed by atoms with Crippen LogP contribution in [0.1, 0.15) is 162 Å². The van der Waals surface area contributed by atoms with Crippen LogP contribution in [0.25, 0.3) is 0 Å². The lowest BCUT2D eigenvalue weighted by molar-refractivity contribution is -0.870. The number of phosphoric ester groups is 1. The summed E-state index contributed by atoms with van der Waals surface area (Å²) in [5, 5.41) is 0. The second kappa shape index (κ2) is 34.0. The van der Waals surface area contributed by atoms with Crippen molar-refractivity contribution in [3.05, 3.63) is 36.5 Å². The molecule has 0 fully saturated rings. The van der Waals surface area contributed by atoms with Gasteiger partial charge in [-0.15, -0.1) is 0 Å². The number of rotatable bonds is 36. The first-order valence-corrected chi connectivity index (χ1v) is 21.7. The lowest BCUT2D eigenvalue weighted by Gasteiger charge is -2.24. The van der Waals surface area contributed by atoms with E-state index in [4.69, 9.17) is 18.5 Å². The second-order valence-electron chi connectivity index (χ2n) is 14.7. The summed E-state index contributed by atoms with van der Waals surface area (Å²) in [7, 11) is 1.46. The van der Waals surface area contributed by atoms with Gasteiger partial charge in [-0.1, -0.05) is 134 Å². The third-order valence-corrected chi connectivity index (χ3v) is 9.41. The van der Waals surface area contributed by atoms with E-state index in [-0.39, 0.29) is 32.0 Å². The molecule has 0 aromatic carbocycles. The quantitative estimate of drug-likeness (QED) is 0.0222. The van der Waals surface area contributed by atoms with Crippen molar-refractivity contribution in [1.82, 2.24) is 0 Å². The number of hydrogen-bond donors (Lipinski definition) is 1. The number of likely N-dealkylation sites (N-methyl/N-ethyl adjacent to an activating group) is 1. The predicted molar refractivity (Wildman–Crippen MR) is 210 cm³/mol. The van der Waals surface area contributed by atoms with Crippen LogP contribution in [0.3, 0.4) is 0 Å². The summed E-state index contributed by atoms with van der Waals surface area (Å²) in [6.45, 7) is 4.34. The van der Waals surface area contributed by atoms with Crippen LogP contribution in [-0.4, -0.2) is 74.9 Å².